The number of rotatable bonds is 4. The van der Waals surface area contributed by atoms with Crippen molar-refractivity contribution in [3.63, 3.8) is 0 Å². The third-order valence-corrected chi connectivity index (χ3v) is 5.10. The molecule has 19 heavy (non-hydrogen) atoms. The molecule has 1 aromatic rings. The molecule has 1 aliphatic carbocycles. The highest BCUT2D eigenvalue weighted by molar-refractivity contribution is 6.31. The van der Waals surface area contributed by atoms with Crippen LogP contribution in [0.5, 0.6) is 0 Å². The molecule has 0 radical (unpaired) electrons. The van der Waals surface area contributed by atoms with Gasteiger partial charge in [0.1, 0.15) is 0 Å². The van der Waals surface area contributed by atoms with Crippen molar-refractivity contribution in [2.45, 2.75) is 58.5 Å². The normalized spacial score (nSPS) is 25.5. The molecule has 3 nitrogen and oxygen atoms in total. The zero-order valence-corrected chi connectivity index (χ0v) is 13.0. The summed E-state index contributed by atoms with van der Waals surface area (Å²) in [5.74, 6) is 1.21. The third kappa shape index (κ3) is 3.32. The van der Waals surface area contributed by atoms with E-state index in [-0.39, 0.29) is 6.10 Å². The number of aryl methyl sites for hydroxylation is 2. The van der Waals surface area contributed by atoms with Crippen molar-refractivity contribution in [3.8, 4) is 0 Å². The molecule has 1 heterocycles. The van der Waals surface area contributed by atoms with Gasteiger partial charge in [0.05, 0.1) is 22.5 Å². The van der Waals surface area contributed by atoms with Crippen LogP contribution in [0, 0.1) is 18.8 Å². The summed E-state index contributed by atoms with van der Waals surface area (Å²) in [6.45, 7) is 4.16. The second-order valence-corrected chi connectivity index (χ2v) is 6.32. The van der Waals surface area contributed by atoms with E-state index in [1.807, 2.05) is 14.0 Å². The molecule has 108 valence electrons. The number of halogens is 1. The molecule has 1 aromatic heterocycles. The monoisotopic (exact) mass is 284 g/mol. The first kappa shape index (κ1) is 14.9. The van der Waals surface area contributed by atoms with Gasteiger partial charge in [0.15, 0.2) is 0 Å². The van der Waals surface area contributed by atoms with Gasteiger partial charge in [-0.3, -0.25) is 4.68 Å². The lowest BCUT2D eigenvalue weighted by Crippen LogP contribution is -2.29. The first-order chi connectivity index (χ1) is 9.02. The number of hydrogen-bond donors (Lipinski definition) is 1. The predicted molar refractivity (Wildman–Crippen MR) is 78.4 cm³/mol. The average molecular weight is 285 g/mol. The summed E-state index contributed by atoms with van der Waals surface area (Å²) in [7, 11) is 1.90. The number of aliphatic hydroxyl groups is 1. The summed E-state index contributed by atoms with van der Waals surface area (Å²) < 4.78 is 1.81. The standard InChI is InChI=1S/C15H25ClN2O/c1-4-11-6-5-7-12(8-11)14(19)9-13-15(16)10(2)17-18(13)3/h11-12,14,19H,4-9H2,1-3H3. The summed E-state index contributed by atoms with van der Waals surface area (Å²) in [5.41, 5.74) is 1.81. The van der Waals surface area contributed by atoms with E-state index in [9.17, 15) is 5.11 Å². The Hall–Kier alpha value is -0.540. The summed E-state index contributed by atoms with van der Waals surface area (Å²) >= 11 is 6.26. The SMILES string of the molecule is CCC1CCCC(C(O)Cc2c(Cl)c(C)nn2C)C1. The van der Waals surface area contributed by atoms with Crippen molar-refractivity contribution in [1.29, 1.82) is 0 Å². The van der Waals surface area contributed by atoms with Gasteiger partial charge in [0, 0.05) is 13.5 Å². The summed E-state index contributed by atoms with van der Waals surface area (Å²) in [6.07, 6.45) is 6.44. The third-order valence-electron chi connectivity index (χ3n) is 4.61. The van der Waals surface area contributed by atoms with E-state index in [0.29, 0.717) is 17.4 Å². The quantitative estimate of drug-likeness (QED) is 0.919. The minimum Gasteiger partial charge on any atom is -0.392 e. The Labute approximate surface area is 121 Å². The molecule has 1 fully saturated rings. The van der Waals surface area contributed by atoms with Crippen LogP contribution < -0.4 is 0 Å². The van der Waals surface area contributed by atoms with Gasteiger partial charge in [0.25, 0.3) is 0 Å². The van der Waals surface area contributed by atoms with Gasteiger partial charge >= 0.3 is 0 Å². The molecular formula is C15H25ClN2O. The fourth-order valence-electron chi connectivity index (χ4n) is 3.32. The van der Waals surface area contributed by atoms with E-state index in [2.05, 4.69) is 12.0 Å². The zero-order valence-electron chi connectivity index (χ0n) is 12.2. The highest BCUT2D eigenvalue weighted by atomic mass is 35.5. The average Bonchev–Trinajstić information content (AvgIpc) is 2.65. The van der Waals surface area contributed by atoms with E-state index in [4.69, 9.17) is 11.6 Å². The van der Waals surface area contributed by atoms with Crippen molar-refractivity contribution < 1.29 is 5.11 Å². The molecular weight excluding hydrogens is 260 g/mol. The smallest absolute Gasteiger partial charge is 0.0847 e. The van der Waals surface area contributed by atoms with E-state index >= 15 is 0 Å². The molecule has 0 aromatic carbocycles. The predicted octanol–water partition coefficient (Wildman–Crippen LogP) is 3.50. The highest BCUT2D eigenvalue weighted by Gasteiger charge is 2.28. The molecule has 1 aliphatic rings. The molecule has 0 aliphatic heterocycles. The zero-order chi connectivity index (χ0) is 14.0. The van der Waals surface area contributed by atoms with E-state index in [0.717, 1.165) is 30.1 Å². The summed E-state index contributed by atoms with van der Waals surface area (Å²) in [5, 5.41) is 15.5. The van der Waals surface area contributed by atoms with Gasteiger partial charge < -0.3 is 5.11 Å². The molecule has 0 bridgehead atoms. The molecule has 3 unspecified atom stereocenters. The minimum atomic E-state index is -0.290. The van der Waals surface area contributed by atoms with Gasteiger partial charge in [-0.05, 0) is 31.6 Å². The topological polar surface area (TPSA) is 38.1 Å². The lowest BCUT2D eigenvalue weighted by atomic mass is 9.77. The summed E-state index contributed by atoms with van der Waals surface area (Å²) in [6, 6.07) is 0. The second-order valence-electron chi connectivity index (χ2n) is 5.94. The lowest BCUT2D eigenvalue weighted by Gasteiger charge is -2.31. The van der Waals surface area contributed by atoms with Crippen LogP contribution in [-0.2, 0) is 13.5 Å². The number of aromatic nitrogens is 2. The Morgan fingerprint density at radius 1 is 1.47 bits per heavy atom. The molecule has 2 rings (SSSR count). The Morgan fingerprint density at radius 3 is 2.79 bits per heavy atom. The van der Waals surface area contributed by atoms with Crippen molar-refractivity contribution in [2.75, 3.05) is 0 Å². The molecule has 0 spiro atoms. The molecule has 0 amide bonds. The van der Waals surface area contributed by atoms with E-state index in [1.54, 1.807) is 4.68 Å². The Balaban J connectivity index is 2.02. The summed E-state index contributed by atoms with van der Waals surface area (Å²) in [4.78, 5) is 0. The number of aliphatic hydroxyl groups excluding tert-OH is 1. The van der Waals surface area contributed by atoms with Gasteiger partial charge in [-0.2, -0.15) is 5.10 Å². The molecule has 3 atom stereocenters. The number of hydrogen-bond acceptors (Lipinski definition) is 2. The van der Waals surface area contributed by atoms with E-state index in [1.165, 1.54) is 19.3 Å². The molecule has 4 heteroatoms. The molecule has 1 N–H and O–H groups in total. The van der Waals surface area contributed by atoms with Crippen LogP contribution in [0.25, 0.3) is 0 Å². The maximum Gasteiger partial charge on any atom is 0.0847 e. The number of nitrogens with zero attached hydrogens (tertiary/aromatic N) is 2. The minimum absolute atomic E-state index is 0.290. The maximum atomic E-state index is 10.5. The van der Waals surface area contributed by atoms with Crippen LogP contribution in [-0.4, -0.2) is 21.0 Å². The largest absolute Gasteiger partial charge is 0.392 e. The fourth-order valence-corrected chi connectivity index (χ4v) is 3.56. The van der Waals surface area contributed by atoms with Gasteiger partial charge in [-0.15, -0.1) is 0 Å². The lowest BCUT2D eigenvalue weighted by molar-refractivity contribution is 0.0671. The van der Waals surface area contributed by atoms with Crippen molar-refractivity contribution >= 4 is 11.6 Å². The Morgan fingerprint density at radius 2 is 2.21 bits per heavy atom. The highest BCUT2D eigenvalue weighted by Crippen LogP contribution is 2.34. The van der Waals surface area contributed by atoms with Crippen LogP contribution in [0.1, 0.15) is 50.4 Å². The van der Waals surface area contributed by atoms with Crippen LogP contribution in [0.4, 0.5) is 0 Å². The first-order valence-corrected chi connectivity index (χ1v) is 7.76. The first-order valence-electron chi connectivity index (χ1n) is 7.39. The van der Waals surface area contributed by atoms with Crippen molar-refractivity contribution in [3.05, 3.63) is 16.4 Å². The van der Waals surface area contributed by atoms with Crippen LogP contribution >= 0.6 is 11.6 Å². The van der Waals surface area contributed by atoms with Crippen molar-refractivity contribution in [2.24, 2.45) is 18.9 Å². The molecule has 1 saturated carbocycles. The van der Waals surface area contributed by atoms with Crippen LogP contribution in [0.15, 0.2) is 0 Å². The second kappa shape index (κ2) is 6.27. The Bertz CT molecular complexity index is 430. The van der Waals surface area contributed by atoms with Crippen LogP contribution in [0.2, 0.25) is 5.02 Å². The van der Waals surface area contributed by atoms with Gasteiger partial charge in [0.2, 0.25) is 0 Å². The Kier molecular flexibility index (Phi) is 4.91. The van der Waals surface area contributed by atoms with Gasteiger partial charge in [-0.1, -0.05) is 37.8 Å². The van der Waals surface area contributed by atoms with Gasteiger partial charge in [-0.25, -0.2) is 0 Å². The maximum absolute atomic E-state index is 10.5. The van der Waals surface area contributed by atoms with Crippen molar-refractivity contribution in [1.82, 2.24) is 9.78 Å². The van der Waals surface area contributed by atoms with E-state index < -0.39 is 0 Å². The fraction of sp³-hybridized carbons (Fsp3) is 0.800. The van der Waals surface area contributed by atoms with Crippen LogP contribution in [0.3, 0.4) is 0 Å². The molecule has 0 saturated heterocycles.